The van der Waals surface area contributed by atoms with Crippen molar-refractivity contribution in [1.82, 2.24) is 4.98 Å². The number of pyridine rings is 1. The topological polar surface area (TPSA) is 63.3 Å². The molecule has 5 aromatic rings. The van der Waals surface area contributed by atoms with Gasteiger partial charge in [-0.15, -0.1) is 29.1 Å². The first-order chi connectivity index (χ1) is 24.1. The van der Waals surface area contributed by atoms with Gasteiger partial charge < -0.3 is 9.52 Å². The van der Waals surface area contributed by atoms with E-state index in [1.807, 2.05) is 34.0 Å². The number of rotatable bonds is 11. The van der Waals surface area contributed by atoms with Crippen molar-refractivity contribution in [1.29, 1.82) is 0 Å². The Kier molecular flexibility index (Phi) is 15.2. The number of hydrogen-bond acceptors (Lipinski definition) is 4. The third-order valence-corrected chi connectivity index (χ3v) is 10.1. The second-order valence-corrected chi connectivity index (χ2v) is 15.7. The molecular weight excluding hydrogens is 819 g/mol. The third kappa shape index (κ3) is 9.91. The number of furan rings is 1. The van der Waals surface area contributed by atoms with Crippen molar-refractivity contribution >= 4 is 27.7 Å². The van der Waals surface area contributed by atoms with Crippen LogP contribution in [0.15, 0.2) is 71.0 Å². The summed E-state index contributed by atoms with van der Waals surface area (Å²) in [5.74, 6) is 1.17. The Hall–Kier alpha value is -3.53. The van der Waals surface area contributed by atoms with Crippen LogP contribution in [0, 0.1) is 44.6 Å². The van der Waals surface area contributed by atoms with Gasteiger partial charge in [0.1, 0.15) is 5.52 Å². The van der Waals surface area contributed by atoms with Gasteiger partial charge in [0, 0.05) is 54.8 Å². The molecule has 0 aliphatic heterocycles. The van der Waals surface area contributed by atoms with E-state index in [9.17, 15) is 9.90 Å². The summed E-state index contributed by atoms with van der Waals surface area (Å²) in [6, 6.07) is 21.4. The van der Waals surface area contributed by atoms with Crippen LogP contribution in [-0.2, 0) is 36.7 Å². The molecule has 4 nitrogen and oxygen atoms in total. The van der Waals surface area contributed by atoms with Crippen LogP contribution in [0.2, 0.25) is 0 Å². The number of allylic oxidation sites excluding steroid dienone is 2. The summed E-state index contributed by atoms with van der Waals surface area (Å²) in [6.07, 6.45) is 7.82. The van der Waals surface area contributed by atoms with Gasteiger partial charge in [-0.25, -0.2) is 0 Å². The van der Waals surface area contributed by atoms with Crippen LogP contribution < -0.4 is 0 Å². The van der Waals surface area contributed by atoms with Crippen molar-refractivity contribution in [2.24, 2.45) is 17.8 Å². The minimum absolute atomic E-state index is 0. The van der Waals surface area contributed by atoms with Crippen molar-refractivity contribution in [2.45, 2.75) is 121 Å². The molecular formula is C47H60IrNO3-. The molecule has 0 amide bonds. The van der Waals surface area contributed by atoms with E-state index in [1.165, 1.54) is 39.3 Å². The van der Waals surface area contributed by atoms with Crippen LogP contribution in [-0.4, -0.2) is 15.9 Å². The molecule has 0 unspecified atom stereocenters. The monoisotopic (exact) mass is 879 g/mol. The summed E-state index contributed by atoms with van der Waals surface area (Å²) in [4.78, 5) is 16.8. The van der Waals surface area contributed by atoms with E-state index in [1.54, 1.807) is 0 Å². The molecule has 0 saturated carbocycles. The molecule has 1 radical (unpaired) electrons. The summed E-state index contributed by atoms with van der Waals surface area (Å²) >= 11 is 0. The Morgan fingerprint density at radius 2 is 1.48 bits per heavy atom. The molecule has 0 aliphatic carbocycles. The van der Waals surface area contributed by atoms with Gasteiger partial charge in [-0.05, 0) is 86.5 Å². The van der Waals surface area contributed by atoms with Crippen molar-refractivity contribution < 1.29 is 34.4 Å². The Labute approximate surface area is 326 Å². The molecule has 0 atom stereocenters. The number of benzene rings is 3. The number of aliphatic hydroxyl groups is 1. The maximum absolute atomic E-state index is 11.7. The first-order valence-electron chi connectivity index (χ1n) is 19.0. The van der Waals surface area contributed by atoms with Gasteiger partial charge in [0.05, 0.1) is 12.0 Å². The maximum Gasteiger partial charge on any atom is 0.162 e. The second kappa shape index (κ2) is 18.5. The molecule has 0 bridgehead atoms. The zero-order chi connectivity index (χ0) is 37.6. The molecule has 5 heteroatoms. The largest absolute Gasteiger partial charge is 0.512 e. The van der Waals surface area contributed by atoms with E-state index >= 15 is 0 Å². The molecule has 0 fully saturated rings. The molecule has 52 heavy (non-hydrogen) atoms. The molecule has 3 aromatic carbocycles. The van der Waals surface area contributed by atoms with Crippen molar-refractivity contribution in [3.05, 3.63) is 101 Å². The molecule has 1 N–H and O–H groups in total. The summed E-state index contributed by atoms with van der Waals surface area (Å²) < 4.78 is 6.11. The minimum atomic E-state index is 0. The number of fused-ring (bicyclic) bond motifs is 2. The third-order valence-electron chi connectivity index (χ3n) is 10.1. The van der Waals surface area contributed by atoms with Gasteiger partial charge in [-0.3, -0.25) is 9.78 Å². The maximum atomic E-state index is 11.7. The Bertz CT molecular complexity index is 1980. The van der Waals surface area contributed by atoms with Gasteiger partial charge in [0.25, 0.3) is 0 Å². The van der Waals surface area contributed by atoms with Crippen molar-refractivity contribution in [3.63, 3.8) is 0 Å². The first-order valence-corrected chi connectivity index (χ1v) is 19.0. The number of aliphatic hydroxyl groups excluding tert-OH is 1. The zero-order valence-corrected chi connectivity index (χ0v) is 36.0. The smallest absolute Gasteiger partial charge is 0.162 e. The van der Waals surface area contributed by atoms with E-state index < -0.39 is 0 Å². The normalized spacial score (nSPS) is 12.1. The second-order valence-electron chi connectivity index (χ2n) is 15.7. The summed E-state index contributed by atoms with van der Waals surface area (Å²) in [6.45, 7) is 25.9. The van der Waals surface area contributed by atoms with E-state index in [0.29, 0.717) is 5.92 Å². The Morgan fingerprint density at radius 3 is 2.04 bits per heavy atom. The van der Waals surface area contributed by atoms with E-state index in [2.05, 4.69) is 110 Å². The fraction of sp³-hybridized carbons (Fsp3) is 0.447. The van der Waals surface area contributed by atoms with Gasteiger partial charge in [-0.2, -0.15) is 0 Å². The Balaban J connectivity index is 0.000000389. The molecule has 2 heterocycles. The van der Waals surface area contributed by atoms with Gasteiger partial charge in [0.15, 0.2) is 11.4 Å². The van der Waals surface area contributed by atoms with Crippen LogP contribution in [0.4, 0.5) is 0 Å². The average Bonchev–Trinajstić information content (AvgIpc) is 3.45. The van der Waals surface area contributed by atoms with Crippen LogP contribution in [0.1, 0.15) is 116 Å². The molecule has 2 aromatic heterocycles. The summed E-state index contributed by atoms with van der Waals surface area (Å²) in [5.41, 5.74) is 12.4. The van der Waals surface area contributed by atoms with Gasteiger partial charge in [-0.1, -0.05) is 110 Å². The molecule has 0 aliphatic rings. The van der Waals surface area contributed by atoms with Gasteiger partial charge in [0.2, 0.25) is 0 Å². The standard InChI is InChI=1S/C34H36NO.C13H24O2.Ir/c1-20(2)13-24-14-21(3)31(22(4)15-24)28-18-30(35-32-23(5)19-36-33(28)32)26-16-25-11-9-10-12-27(25)29(17-26)34(6,7)8;1-5-10(6-2)12(14)9-13(15)11(7-3)8-4;/h9-12,14-15,17-20H,13H2,1-8H3;9-11,14H,5-8H2,1-4H3;/q-1;;/b;12-9-;. The zero-order valence-electron chi connectivity index (χ0n) is 33.6. The first kappa shape index (κ1) is 42.9. The van der Waals surface area contributed by atoms with E-state index in [0.717, 1.165) is 71.0 Å². The number of aryl methyl sites for hydroxylation is 3. The number of ketones is 1. The van der Waals surface area contributed by atoms with Crippen molar-refractivity contribution in [3.8, 4) is 22.4 Å². The van der Waals surface area contributed by atoms with Crippen LogP contribution in [0.25, 0.3) is 44.3 Å². The average molecular weight is 879 g/mol. The number of hydrogen-bond donors (Lipinski definition) is 1. The number of carbonyl (C=O) groups is 1. The fourth-order valence-electron chi connectivity index (χ4n) is 7.28. The summed E-state index contributed by atoms with van der Waals surface area (Å²) in [7, 11) is 0. The predicted molar refractivity (Wildman–Crippen MR) is 217 cm³/mol. The summed E-state index contributed by atoms with van der Waals surface area (Å²) in [5, 5.41) is 12.1. The molecule has 281 valence electrons. The number of carbonyl (C=O) groups excluding carboxylic acids is 1. The minimum Gasteiger partial charge on any atom is -0.512 e. The van der Waals surface area contributed by atoms with E-state index in [4.69, 9.17) is 9.40 Å². The molecule has 5 rings (SSSR count). The number of aromatic nitrogens is 1. The SMILES string of the molecule is CCC(CC)C(=O)/C=C(\O)C(CC)CC.Cc1cc(CC(C)C)cc(C)c1-c1cc(-c2[c-]c3ccccc3c(C(C)(C)C)c2)nc2c(C)coc12.[Ir]. The quantitative estimate of drug-likeness (QED) is 0.0816. The Morgan fingerprint density at radius 1 is 0.885 bits per heavy atom. The van der Waals surface area contributed by atoms with Crippen molar-refractivity contribution in [2.75, 3.05) is 0 Å². The predicted octanol–water partition coefficient (Wildman–Crippen LogP) is 13.4. The van der Waals surface area contributed by atoms with Gasteiger partial charge >= 0.3 is 0 Å². The van der Waals surface area contributed by atoms with E-state index in [-0.39, 0.29) is 48.9 Å². The fourth-order valence-corrected chi connectivity index (χ4v) is 7.28. The molecule has 0 spiro atoms. The van der Waals surface area contributed by atoms with Crippen LogP contribution in [0.5, 0.6) is 0 Å². The molecule has 0 saturated heterocycles. The van der Waals surface area contributed by atoms with Crippen LogP contribution >= 0.6 is 0 Å². The number of nitrogens with zero attached hydrogens (tertiary/aromatic N) is 1. The van der Waals surface area contributed by atoms with Crippen LogP contribution in [0.3, 0.4) is 0 Å².